The molecule has 3 heteroatoms. The summed E-state index contributed by atoms with van der Waals surface area (Å²) in [6.45, 7) is 0.830. The van der Waals surface area contributed by atoms with Gasteiger partial charge in [-0.25, -0.2) is 0 Å². The summed E-state index contributed by atoms with van der Waals surface area (Å²) in [7, 11) is 2.00. The van der Waals surface area contributed by atoms with E-state index in [4.69, 9.17) is 4.74 Å². The Balaban J connectivity index is 2.08. The minimum atomic E-state index is 0.202. The molecule has 1 N–H and O–H groups in total. The lowest BCUT2D eigenvalue weighted by Crippen LogP contribution is -2.21. The van der Waals surface area contributed by atoms with Crippen molar-refractivity contribution >= 4 is 10.9 Å². The van der Waals surface area contributed by atoms with Crippen molar-refractivity contribution in [1.82, 2.24) is 10.3 Å². The van der Waals surface area contributed by atoms with Gasteiger partial charge in [-0.1, -0.05) is 18.2 Å². The van der Waals surface area contributed by atoms with Gasteiger partial charge in [0.15, 0.2) is 0 Å². The van der Waals surface area contributed by atoms with Crippen LogP contribution in [-0.2, 0) is 4.74 Å². The van der Waals surface area contributed by atoms with Gasteiger partial charge in [-0.3, -0.25) is 4.98 Å². The molecular formula is C16H18N2O. The number of nitrogens with zero attached hydrogens (tertiary/aromatic N) is 1. The molecule has 2 heterocycles. The lowest BCUT2D eigenvalue weighted by Gasteiger charge is -2.24. The number of fused-ring (bicyclic) bond motifs is 1. The second kappa shape index (κ2) is 5.41. The van der Waals surface area contributed by atoms with E-state index >= 15 is 0 Å². The predicted octanol–water partition coefficient (Wildman–Crippen LogP) is 3.19. The fraction of sp³-hybridized carbons (Fsp3) is 0.312. The molecule has 1 unspecified atom stereocenters. The number of aromatic nitrogens is 1. The summed E-state index contributed by atoms with van der Waals surface area (Å²) < 4.78 is 5.48. The zero-order valence-corrected chi connectivity index (χ0v) is 11.1. The van der Waals surface area contributed by atoms with E-state index in [1.165, 1.54) is 16.5 Å². The lowest BCUT2D eigenvalue weighted by molar-refractivity contribution is 0.220. The first-order chi connectivity index (χ1) is 9.40. The third-order valence-corrected chi connectivity index (χ3v) is 3.61. The summed E-state index contributed by atoms with van der Waals surface area (Å²) in [6.07, 6.45) is 5.93. The number of pyridine rings is 1. The normalized spacial score (nSPS) is 16.8. The highest BCUT2D eigenvalue weighted by atomic mass is 16.5. The lowest BCUT2D eigenvalue weighted by atomic mass is 9.93. The Morgan fingerprint density at radius 1 is 1.26 bits per heavy atom. The Labute approximate surface area is 113 Å². The van der Waals surface area contributed by atoms with Crippen molar-refractivity contribution in [3.8, 4) is 0 Å². The van der Waals surface area contributed by atoms with Gasteiger partial charge >= 0.3 is 0 Å². The molecule has 19 heavy (non-hydrogen) atoms. The summed E-state index contributed by atoms with van der Waals surface area (Å²) in [5.74, 6) is 0. The number of hydrogen-bond acceptors (Lipinski definition) is 3. The Hall–Kier alpha value is -1.87. The Morgan fingerprint density at radius 2 is 2.21 bits per heavy atom. The molecule has 3 rings (SSSR count). The minimum Gasteiger partial charge on any atom is -0.501 e. The minimum absolute atomic E-state index is 0.202. The van der Waals surface area contributed by atoms with E-state index < -0.39 is 0 Å². The maximum absolute atomic E-state index is 5.48. The number of rotatable bonds is 3. The average molecular weight is 254 g/mol. The fourth-order valence-electron chi connectivity index (χ4n) is 2.72. The van der Waals surface area contributed by atoms with Crippen LogP contribution in [0.5, 0.6) is 0 Å². The van der Waals surface area contributed by atoms with E-state index in [1.54, 1.807) is 0 Å². The van der Waals surface area contributed by atoms with Crippen LogP contribution in [0.3, 0.4) is 0 Å². The number of hydrogen-bond donors (Lipinski definition) is 1. The van der Waals surface area contributed by atoms with Crippen LogP contribution < -0.4 is 5.32 Å². The summed E-state index contributed by atoms with van der Waals surface area (Å²) in [5, 5.41) is 4.61. The van der Waals surface area contributed by atoms with Gasteiger partial charge in [0.1, 0.15) is 0 Å². The third-order valence-electron chi connectivity index (χ3n) is 3.61. The topological polar surface area (TPSA) is 34.1 Å². The Bertz CT molecular complexity index is 601. The third kappa shape index (κ3) is 2.34. The molecule has 0 amide bonds. The van der Waals surface area contributed by atoms with Crippen molar-refractivity contribution in [1.29, 1.82) is 0 Å². The molecule has 0 radical (unpaired) electrons. The SMILES string of the molecule is CNC(C1=COCCC1)c1cccc2ncccc12. The second-order valence-corrected chi connectivity index (χ2v) is 4.81. The predicted molar refractivity (Wildman–Crippen MR) is 76.8 cm³/mol. The Kier molecular flexibility index (Phi) is 3.47. The van der Waals surface area contributed by atoms with Crippen LogP contribution >= 0.6 is 0 Å². The molecule has 0 spiro atoms. The van der Waals surface area contributed by atoms with Crippen molar-refractivity contribution in [2.45, 2.75) is 18.9 Å². The molecule has 2 aromatic rings. The van der Waals surface area contributed by atoms with Gasteiger partial charge in [-0.2, -0.15) is 0 Å². The van der Waals surface area contributed by atoms with Gasteiger partial charge in [0.25, 0.3) is 0 Å². The maximum Gasteiger partial charge on any atom is 0.0876 e. The molecule has 0 aliphatic carbocycles. The highest BCUT2D eigenvalue weighted by molar-refractivity contribution is 5.82. The number of nitrogens with one attached hydrogen (secondary N) is 1. The van der Waals surface area contributed by atoms with Crippen LogP contribution in [0, 0.1) is 0 Å². The maximum atomic E-state index is 5.48. The summed E-state index contributed by atoms with van der Waals surface area (Å²) in [6, 6.07) is 10.6. The highest BCUT2D eigenvalue weighted by Gasteiger charge is 2.19. The zero-order valence-electron chi connectivity index (χ0n) is 11.1. The number of benzene rings is 1. The molecule has 0 bridgehead atoms. The van der Waals surface area contributed by atoms with Gasteiger partial charge in [0, 0.05) is 11.6 Å². The van der Waals surface area contributed by atoms with Gasteiger partial charge in [0.05, 0.1) is 24.4 Å². The molecule has 1 aromatic heterocycles. The van der Waals surface area contributed by atoms with Crippen LogP contribution in [0.15, 0.2) is 48.4 Å². The van der Waals surface area contributed by atoms with Crippen LogP contribution in [0.2, 0.25) is 0 Å². The van der Waals surface area contributed by atoms with Crippen molar-refractivity contribution < 1.29 is 4.74 Å². The molecule has 1 aliphatic rings. The monoisotopic (exact) mass is 254 g/mol. The van der Waals surface area contributed by atoms with Gasteiger partial charge in [-0.15, -0.1) is 0 Å². The van der Waals surface area contributed by atoms with Crippen molar-refractivity contribution in [3.05, 3.63) is 53.9 Å². The van der Waals surface area contributed by atoms with Gasteiger partial charge in [0.2, 0.25) is 0 Å². The van der Waals surface area contributed by atoms with Crippen LogP contribution in [-0.4, -0.2) is 18.6 Å². The molecule has 0 saturated heterocycles. The standard InChI is InChI=1S/C16H18N2O/c1-17-16(12-5-4-10-19-11-12)14-6-2-8-15-13(14)7-3-9-18-15/h2-3,6-9,11,16-17H,4-5,10H2,1H3. The molecule has 3 nitrogen and oxygen atoms in total. The molecule has 1 atom stereocenters. The first kappa shape index (κ1) is 12.2. The molecule has 98 valence electrons. The fourth-order valence-corrected chi connectivity index (χ4v) is 2.72. The zero-order chi connectivity index (χ0) is 13.1. The highest BCUT2D eigenvalue weighted by Crippen LogP contribution is 2.31. The molecule has 0 saturated carbocycles. The number of likely N-dealkylation sites (N-methyl/N-ethyl adjacent to an activating group) is 1. The van der Waals surface area contributed by atoms with E-state index in [1.807, 2.05) is 25.6 Å². The van der Waals surface area contributed by atoms with E-state index in [0.717, 1.165) is 25.0 Å². The first-order valence-corrected chi connectivity index (χ1v) is 6.71. The van der Waals surface area contributed by atoms with Gasteiger partial charge < -0.3 is 10.1 Å². The summed E-state index contributed by atoms with van der Waals surface area (Å²) in [5.41, 5.74) is 3.62. The van der Waals surface area contributed by atoms with Gasteiger partial charge in [-0.05, 0) is 43.2 Å². The molecular weight excluding hydrogens is 236 g/mol. The molecule has 0 fully saturated rings. The quantitative estimate of drug-likeness (QED) is 0.913. The van der Waals surface area contributed by atoms with E-state index in [2.05, 4.69) is 34.6 Å². The Morgan fingerprint density at radius 3 is 3.00 bits per heavy atom. The van der Waals surface area contributed by atoms with Crippen molar-refractivity contribution in [2.75, 3.05) is 13.7 Å². The summed E-state index contributed by atoms with van der Waals surface area (Å²) >= 11 is 0. The average Bonchev–Trinajstić information content (AvgIpc) is 2.49. The molecule has 1 aliphatic heterocycles. The molecule has 1 aromatic carbocycles. The van der Waals surface area contributed by atoms with E-state index in [9.17, 15) is 0 Å². The number of ether oxygens (including phenoxy) is 1. The van der Waals surface area contributed by atoms with E-state index in [0.29, 0.717) is 0 Å². The summed E-state index contributed by atoms with van der Waals surface area (Å²) in [4.78, 5) is 4.43. The largest absolute Gasteiger partial charge is 0.501 e. The van der Waals surface area contributed by atoms with E-state index in [-0.39, 0.29) is 6.04 Å². The first-order valence-electron chi connectivity index (χ1n) is 6.71. The smallest absolute Gasteiger partial charge is 0.0876 e. The van der Waals surface area contributed by atoms with Crippen molar-refractivity contribution in [3.63, 3.8) is 0 Å². The second-order valence-electron chi connectivity index (χ2n) is 4.81. The van der Waals surface area contributed by atoms with Crippen molar-refractivity contribution in [2.24, 2.45) is 0 Å². The van der Waals surface area contributed by atoms with Crippen LogP contribution in [0.4, 0.5) is 0 Å². The van der Waals surface area contributed by atoms with Crippen LogP contribution in [0.25, 0.3) is 10.9 Å². The van der Waals surface area contributed by atoms with Crippen LogP contribution in [0.1, 0.15) is 24.4 Å².